The van der Waals surface area contributed by atoms with E-state index in [2.05, 4.69) is 26.2 Å². The normalized spacial score (nSPS) is 11.8. The molecule has 11 heteroatoms. The third-order valence-electron chi connectivity index (χ3n) is 5.46. The molecule has 0 saturated heterocycles. The lowest BCUT2D eigenvalue weighted by Gasteiger charge is -2.20. The third-order valence-corrected chi connectivity index (χ3v) is 5.69. The van der Waals surface area contributed by atoms with Crippen molar-refractivity contribution in [2.45, 2.75) is 12.5 Å². The van der Waals surface area contributed by atoms with Crippen molar-refractivity contribution in [1.29, 1.82) is 0 Å². The lowest BCUT2D eigenvalue weighted by Crippen LogP contribution is -2.40. The zero-order valence-corrected chi connectivity index (χ0v) is 20.3. The fourth-order valence-corrected chi connectivity index (χ4v) is 3.87. The summed E-state index contributed by atoms with van der Waals surface area (Å²) < 4.78 is 15.6. The van der Waals surface area contributed by atoms with Crippen molar-refractivity contribution in [3.8, 4) is 5.69 Å². The predicted octanol–water partition coefficient (Wildman–Crippen LogP) is 3.41. The number of aromatic nitrogens is 4. The van der Waals surface area contributed by atoms with Gasteiger partial charge in [0.2, 0.25) is 5.91 Å². The summed E-state index contributed by atoms with van der Waals surface area (Å²) >= 11 is 6.15. The van der Waals surface area contributed by atoms with Crippen LogP contribution in [0.2, 0.25) is 5.02 Å². The van der Waals surface area contributed by atoms with Gasteiger partial charge in [0, 0.05) is 28.9 Å². The molecule has 0 aliphatic rings. The average Bonchev–Trinajstić information content (AvgIpc) is 3.41. The number of nitrogens with one attached hydrogen (secondary N) is 2. The lowest BCUT2D eigenvalue weighted by molar-refractivity contribution is -0.117. The average molecular weight is 520 g/mol. The van der Waals surface area contributed by atoms with Crippen LogP contribution in [-0.4, -0.2) is 44.6 Å². The Morgan fingerprint density at radius 1 is 1.11 bits per heavy atom. The van der Waals surface area contributed by atoms with Gasteiger partial charge in [0.15, 0.2) is 0 Å². The van der Waals surface area contributed by atoms with Gasteiger partial charge in [-0.15, -0.1) is 5.10 Å². The van der Waals surface area contributed by atoms with E-state index in [1.54, 1.807) is 30.3 Å². The summed E-state index contributed by atoms with van der Waals surface area (Å²) in [6, 6.07) is 18.6. The zero-order valence-electron chi connectivity index (χ0n) is 19.5. The number of primary amides is 1. The van der Waals surface area contributed by atoms with Gasteiger partial charge < -0.3 is 16.4 Å². The second-order valence-corrected chi connectivity index (χ2v) is 8.56. The van der Waals surface area contributed by atoms with E-state index in [1.165, 1.54) is 29.2 Å². The first-order chi connectivity index (χ1) is 17.9. The molecule has 0 spiro atoms. The molecule has 37 heavy (non-hydrogen) atoms. The molecule has 0 radical (unpaired) electrons. The first kappa shape index (κ1) is 25.5. The Hall–Kier alpha value is -4.57. The molecule has 1 heterocycles. The van der Waals surface area contributed by atoms with Crippen LogP contribution in [0, 0.1) is 5.82 Å². The number of amides is 2. The fourth-order valence-electron chi connectivity index (χ4n) is 3.69. The molecule has 4 rings (SSSR count). The van der Waals surface area contributed by atoms with E-state index in [4.69, 9.17) is 17.3 Å². The second-order valence-electron chi connectivity index (χ2n) is 8.13. The molecule has 0 bridgehead atoms. The number of hydrogen-bond acceptors (Lipinski definition) is 6. The van der Waals surface area contributed by atoms with E-state index in [-0.39, 0.29) is 17.5 Å². The third kappa shape index (κ3) is 6.98. The minimum Gasteiger partial charge on any atom is -0.383 e. The summed E-state index contributed by atoms with van der Waals surface area (Å²) in [4.78, 5) is 24.2. The standard InChI is InChI=1S/C26H23ClFN7O2/c27-19-7-10-24(35-16-31-33-34-35)18(13-19)6-11-25(36)32-21(12-17-4-2-1-3-5-17)15-30-20-8-9-22(26(29)37)23(28)14-20/h1-11,13-14,16,21,30H,12,15H2,(H2,29,37)(H,32,36)/b11-6+/t21-/m0/s1. The van der Waals surface area contributed by atoms with Crippen LogP contribution in [0.5, 0.6) is 0 Å². The number of benzene rings is 3. The van der Waals surface area contributed by atoms with E-state index in [0.717, 1.165) is 5.56 Å². The number of nitrogens with zero attached hydrogens (tertiary/aromatic N) is 4. The Morgan fingerprint density at radius 3 is 2.62 bits per heavy atom. The number of hydrogen-bond donors (Lipinski definition) is 3. The smallest absolute Gasteiger partial charge is 0.251 e. The summed E-state index contributed by atoms with van der Waals surface area (Å²) in [6.07, 6.45) is 5.01. The molecular weight excluding hydrogens is 497 g/mol. The number of nitrogens with two attached hydrogens (primary N) is 1. The van der Waals surface area contributed by atoms with Crippen LogP contribution in [-0.2, 0) is 11.2 Å². The SMILES string of the molecule is NC(=O)c1ccc(NC[C@H](Cc2ccccc2)NC(=O)/C=C/c2cc(Cl)ccc2-n2cnnn2)cc1F. The monoisotopic (exact) mass is 519 g/mol. The van der Waals surface area contributed by atoms with E-state index in [1.807, 2.05) is 30.3 Å². The molecule has 0 aliphatic carbocycles. The number of anilines is 1. The van der Waals surface area contributed by atoms with Gasteiger partial charge in [0.05, 0.1) is 17.3 Å². The molecule has 3 aromatic carbocycles. The van der Waals surface area contributed by atoms with Gasteiger partial charge in [-0.2, -0.15) is 4.68 Å². The van der Waals surface area contributed by atoms with Gasteiger partial charge in [-0.05, 0) is 64.9 Å². The maximum Gasteiger partial charge on any atom is 0.251 e. The zero-order chi connectivity index (χ0) is 26.2. The number of carbonyl (C=O) groups excluding carboxylic acids is 2. The van der Waals surface area contributed by atoms with Crippen LogP contribution in [0.25, 0.3) is 11.8 Å². The van der Waals surface area contributed by atoms with Gasteiger partial charge in [0.1, 0.15) is 12.1 Å². The highest BCUT2D eigenvalue weighted by molar-refractivity contribution is 6.30. The molecule has 9 nitrogen and oxygen atoms in total. The molecule has 4 N–H and O–H groups in total. The number of halogens is 2. The molecule has 0 fully saturated rings. The van der Waals surface area contributed by atoms with Gasteiger partial charge in [0.25, 0.3) is 5.91 Å². The topological polar surface area (TPSA) is 128 Å². The van der Waals surface area contributed by atoms with Crippen molar-refractivity contribution < 1.29 is 14.0 Å². The van der Waals surface area contributed by atoms with Crippen molar-refractivity contribution in [2.24, 2.45) is 5.73 Å². The summed E-state index contributed by atoms with van der Waals surface area (Å²) in [6.45, 7) is 0.302. The highest BCUT2D eigenvalue weighted by Gasteiger charge is 2.14. The van der Waals surface area contributed by atoms with Crippen LogP contribution in [0.3, 0.4) is 0 Å². The maximum atomic E-state index is 14.2. The highest BCUT2D eigenvalue weighted by atomic mass is 35.5. The summed E-state index contributed by atoms with van der Waals surface area (Å²) in [5, 5.41) is 17.8. The molecule has 1 aromatic heterocycles. The summed E-state index contributed by atoms with van der Waals surface area (Å²) in [5.41, 5.74) is 7.76. The van der Waals surface area contributed by atoms with E-state index >= 15 is 0 Å². The van der Waals surface area contributed by atoms with Crippen molar-refractivity contribution >= 4 is 35.2 Å². The lowest BCUT2D eigenvalue weighted by atomic mass is 10.1. The molecule has 0 saturated carbocycles. The fraction of sp³-hybridized carbons (Fsp3) is 0.115. The van der Waals surface area contributed by atoms with Crippen molar-refractivity contribution in [2.75, 3.05) is 11.9 Å². The molecular formula is C26H23ClFN7O2. The summed E-state index contributed by atoms with van der Waals surface area (Å²) in [5.74, 6) is -1.89. The van der Waals surface area contributed by atoms with Crippen LogP contribution in [0.1, 0.15) is 21.5 Å². The highest BCUT2D eigenvalue weighted by Crippen LogP contribution is 2.20. The molecule has 188 valence electrons. The first-order valence-electron chi connectivity index (χ1n) is 11.3. The minimum absolute atomic E-state index is 0.188. The molecule has 2 amide bonds. The van der Waals surface area contributed by atoms with Gasteiger partial charge in [-0.1, -0.05) is 41.9 Å². The minimum atomic E-state index is -0.840. The molecule has 0 unspecified atom stereocenters. The van der Waals surface area contributed by atoms with Gasteiger partial charge >= 0.3 is 0 Å². The van der Waals surface area contributed by atoms with E-state index < -0.39 is 11.7 Å². The van der Waals surface area contributed by atoms with Crippen molar-refractivity contribution in [1.82, 2.24) is 25.5 Å². The quantitative estimate of drug-likeness (QED) is 0.275. The Balaban J connectivity index is 1.48. The van der Waals surface area contributed by atoms with E-state index in [0.29, 0.717) is 34.9 Å². The second kappa shape index (κ2) is 11.9. The van der Waals surface area contributed by atoms with Crippen LogP contribution in [0.4, 0.5) is 10.1 Å². The number of rotatable bonds is 10. The van der Waals surface area contributed by atoms with Crippen LogP contribution in [0.15, 0.2) is 79.1 Å². The molecule has 4 aromatic rings. The maximum absolute atomic E-state index is 14.2. The Morgan fingerprint density at radius 2 is 1.92 bits per heavy atom. The Labute approximate surface area is 217 Å². The van der Waals surface area contributed by atoms with Gasteiger partial charge in [-0.25, -0.2) is 4.39 Å². The first-order valence-corrected chi connectivity index (χ1v) is 11.7. The Kier molecular flexibility index (Phi) is 8.22. The predicted molar refractivity (Wildman–Crippen MR) is 139 cm³/mol. The van der Waals surface area contributed by atoms with Crippen molar-refractivity contribution in [3.63, 3.8) is 0 Å². The van der Waals surface area contributed by atoms with Gasteiger partial charge in [-0.3, -0.25) is 9.59 Å². The van der Waals surface area contributed by atoms with Crippen LogP contribution < -0.4 is 16.4 Å². The van der Waals surface area contributed by atoms with Crippen LogP contribution >= 0.6 is 11.6 Å². The number of tetrazole rings is 1. The summed E-state index contributed by atoms with van der Waals surface area (Å²) in [7, 11) is 0. The molecule has 0 aliphatic heterocycles. The number of carbonyl (C=O) groups is 2. The van der Waals surface area contributed by atoms with E-state index in [9.17, 15) is 14.0 Å². The largest absolute Gasteiger partial charge is 0.383 e. The Bertz CT molecular complexity index is 1410. The van der Waals surface area contributed by atoms with Crippen molar-refractivity contribution in [3.05, 3.63) is 107 Å². The molecule has 1 atom stereocenters.